The fourth-order valence-corrected chi connectivity index (χ4v) is 4.00. The largest absolute Gasteiger partial charge is 0.378 e. The van der Waals surface area contributed by atoms with Crippen molar-refractivity contribution in [3.8, 4) is 0 Å². The monoisotopic (exact) mass is 410 g/mol. The molecule has 5 rings (SSSR count). The lowest BCUT2D eigenvalue weighted by atomic mass is 10.1. The summed E-state index contributed by atoms with van der Waals surface area (Å²) in [4.78, 5) is 7.12. The first-order valence-electron chi connectivity index (χ1n) is 10.8. The SMILES string of the molecule is C(=Nc1ccccc1N1CCOCC1)c1ccc(N2CCC(c3ccccc3)=N2)cc1. The third-order valence-corrected chi connectivity index (χ3v) is 5.69. The molecule has 3 aromatic rings. The van der Waals surface area contributed by atoms with Crippen molar-refractivity contribution in [2.45, 2.75) is 6.42 Å². The molecular formula is C26H26N4O. The van der Waals surface area contributed by atoms with Crippen molar-refractivity contribution < 1.29 is 4.74 Å². The van der Waals surface area contributed by atoms with Crippen LogP contribution >= 0.6 is 0 Å². The molecule has 0 spiro atoms. The Morgan fingerprint density at radius 3 is 2.35 bits per heavy atom. The Kier molecular flexibility index (Phi) is 5.76. The molecule has 0 atom stereocenters. The minimum absolute atomic E-state index is 0.768. The van der Waals surface area contributed by atoms with Gasteiger partial charge in [0.15, 0.2) is 0 Å². The lowest BCUT2D eigenvalue weighted by Gasteiger charge is -2.29. The summed E-state index contributed by atoms with van der Waals surface area (Å²) in [6, 6.07) is 27.2. The zero-order valence-corrected chi connectivity index (χ0v) is 17.5. The van der Waals surface area contributed by atoms with Crippen LogP contribution in [-0.4, -0.2) is 44.8 Å². The van der Waals surface area contributed by atoms with E-state index >= 15 is 0 Å². The topological polar surface area (TPSA) is 40.4 Å². The number of hydrazone groups is 1. The molecule has 31 heavy (non-hydrogen) atoms. The van der Waals surface area contributed by atoms with Crippen LogP contribution in [0.4, 0.5) is 17.1 Å². The number of ether oxygens (including phenoxy) is 1. The second kappa shape index (κ2) is 9.14. The van der Waals surface area contributed by atoms with Crippen molar-refractivity contribution in [3.05, 3.63) is 90.0 Å². The van der Waals surface area contributed by atoms with Gasteiger partial charge in [-0.2, -0.15) is 5.10 Å². The molecule has 2 aliphatic rings. The molecular weight excluding hydrogens is 384 g/mol. The molecule has 0 radical (unpaired) electrons. The van der Waals surface area contributed by atoms with E-state index in [-0.39, 0.29) is 0 Å². The van der Waals surface area contributed by atoms with Crippen LogP contribution in [-0.2, 0) is 4.74 Å². The van der Waals surface area contributed by atoms with Crippen LogP contribution in [0.25, 0.3) is 0 Å². The molecule has 5 nitrogen and oxygen atoms in total. The third-order valence-electron chi connectivity index (χ3n) is 5.69. The summed E-state index contributed by atoms with van der Waals surface area (Å²) in [5.74, 6) is 0. The van der Waals surface area contributed by atoms with Gasteiger partial charge in [0.2, 0.25) is 0 Å². The van der Waals surface area contributed by atoms with Crippen LogP contribution in [0.1, 0.15) is 17.5 Å². The van der Waals surface area contributed by atoms with E-state index in [1.54, 1.807) is 0 Å². The molecule has 0 saturated carbocycles. The highest BCUT2D eigenvalue weighted by atomic mass is 16.5. The quantitative estimate of drug-likeness (QED) is 0.563. The Labute approximate surface area is 183 Å². The van der Waals surface area contributed by atoms with E-state index < -0.39 is 0 Å². The van der Waals surface area contributed by atoms with Crippen LogP contribution < -0.4 is 9.91 Å². The summed E-state index contributed by atoms with van der Waals surface area (Å²) in [5, 5.41) is 6.90. The van der Waals surface area contributed by atoms with Gasteiger partial charge < -0.3 is 9.64 Å². The van der Waals surface area contributed by atoms with Gasteiger partial charge in [-0.25, -0.2) is 0 Å². The predicted octanol–water partition coefficient (Wildman–Crippen LogP) is 4.89. The standard InChI is InChI=1S/C26H26N4O/c1-2-6-22(7-3-1)24-14-15-30(28-24)23-12-10-21(11-13-23)20-27-25-8-4-5-9-26(25)29-16-18-31-19-17-29/h1-13,20H,14-19H2. The van der Waals surface area contributed by atoms with E-state index in [0.717, 1.165) is 61.9 Å². The second-order valence-electron chi connectivity index (χ2n) is 7.72. The highest BCUT2D eigenvalue weighted by molar-refractivity contribution is 6.02. The molecule has 2 heterocycles. The van der Waals surface area contributed by atoms with Gasteiger partial charge in [-0.15, -0.1) is 0 Å². The predicted molar refractivity (Wildman–Crippen MR) is 128 cm³/mol. The normalized spacial score (nSPS) is 16.7. The number of benzene rings is 3. The first kappa shape index (κ1) is 19.5. The zero-order chi connectivity index (χ0) is 20.9. The number of rotatable bonds is 5. The van der Waals surface area contributed by atoms with Gasteiger partial charge in [-0.1, -0.05) is 54.6 Å². The fraction of sp³-hybridized carbons (Fsp3) is 0.231. The van der Waals surface area contributed by atoms with Crippen LogP contribution in [0.5, 0.6) is 0 Å². The molecule has 0 unspecified atom stereocenters. The molecule has 5 heteroatoms. The van der Waals surface area contributed by atoms with Crippen molar-refractivity contribution in [2.24, 2.45) is 10.1 Å². The number of morpholine rings is 1. The smallest absolute Gasteiger partial charge is 0.0863 e. The molecule has 3 aromatic carbocycles. The van der Waals surface area contributed by atoms with E-state index in [2.05, 4.69) is 76.6 Å². The number of para-hydroxylation sites is 2. The maximum Gasteiger partial charge on any atom is 0.0863 e. The Hall–Kier alpha value is -3.44. The Bertz CT molecular complexity index is 1070. The van der Waals surface area contributed by atoms with Crippen LogP contribution in [0, 0.1) is 0 Å². The van der Waals surface area contributed by atoms with E-state index in [1.807, 2.05) is 18.3 Å². The number of hydrogen-bond donors (Lipinski definition) is 0. The third kappa shape index (κ3) is 4.52. The van der Waals surface area contributed by atoms with Crippen LogP contribution in [0.3, 0.4) is 0 Å². The number of hydrogen-bond acceptors (Lipinski definition) is 5. The van der Waals surface area contributed by atoms with Gasteiger partial charge in [-0.3, -0.25) is 10.0 Å². The van der Waals surface area contributed by atoms with Crippen LogP contribution in [0.15, 0.2) is 89.0 Å². The Morgan fingerprint density at radius 1 is 0.806 bits per heavy atom. The number of aliphatic imine (C=N–C) groups is 1. The lowest BCUT2D eigenvalue weighted by Crippen LogP contribution is -2.36. The average Bonchev–Trinajstić information content (AvgIpc) is 3.35. The molecule has 1 saturated heterocycles. The van der Waals surface area contributed by atoms with Gasteiger partial charge in [0, 0.05) is 32.3 Å². The molecule has 1 fully saturated rings. The summed E-state index contributed by atoms with van der Waals surface area (Å²) in [5.41, 5.74) is 6.69. The second-order valence-corrected chi connectivity index (χ2v) is 7.72. The summed E-state index contributed by atoms with van der Waals surface area (Å²) in [7, 11) is 0. The van der Waals surface area contributed by atoms with Crippen molar-refractivity contribution in [2.75, 3.05) is 42.8 Å². The molecule has 0 bridgehead atoms. The minimum Gasteiger partial charge on any atom is -0.378 e. The van der Waals surface area contributed by atoms with Crippen molar-refractivity contribution in [1.29, 1.82) is 0 Å². The average molecular weight is 411 g/mol. The Balaban J connectivity index is 1.29. The molecule has 2 aliphatic heterocycles. The maximum atomic E-state index is 5.48. The van der Waals surface area contributed by atoms with Crippen LogP contribution in [0.2, 0.25) is 0 Å². The first-order chi connectivity index (χ1) is 15.4. The minimum atomic E-state index is 0.768. The molecule has 0 aliphatic carbocycles. The Morgan fingerprint density at radius 2 is 1.55 bits per heavy atom. The van der Waals surface area contributed by atoms with E-state index in [1.165, 1.54) is 11.3 Å². The molecule has 0 aromatic heterocycles. The first-order valence-corrected chi connectivity index (χ1v) is 10.8. The lowest BCUT2D eigenvalue weighted by molar-refractivity contribution is 0.123. The molecule has 0 N–H and O–H groups in total. The fourth-order valence-electron chi connectivity index (χ4n) is 4.00. The maximum absolute atomic E-state index is 5.48. The highest BCUT2D eigenvalue weighted by Gasteiger charge is 2.17. The molecule has 0 amide bonds. The van der Waals surface area contributed by atoms with Crippen molar-refractivity contribution in [1.82, 2.24) is 0 Å². The van der Waals surface area contributed by atoms with E-state index in [0.29, 0.717) is 0 Å². The van der Waals surface area contributed by atoms with E-state index in [4.69, 9.17) is 14.8 Å². The van der Waals surface area contributed by atoms with Gasteiger partial charge in [-0.05, 0) is 35.4 Å². The number of nitrogens with zero attached hydrogens (tertiary/aromatic N) is 4. The van der Waals surface area contributed by atoms with Gasteiger partial charge >= 0.3 is 0 Å². The number of anilines is 2. The van der Waals surface area contributed by atoms with E-state index in [9.17, 15) is 0 Å². The van der Waals surface area contributed by atoms with Gasteiger partial charge in [0.25, 0.3) is 0 Å². The highest BCUT2D eigenvalue weighted by Crippen LogP contribution is 2.29. The summed E-state index contributed by atoms with van der Waals surface area (Å²) in [6.07, 6.45) is 2.90. The summed E-state index contributed by atoms with van der Waals surface area (Å²) in [6.45, 7) is 4.25. The van der Waals surface area contributed by atoms with Gasteiger partial charge in [0.05, 0.1) is 36.0 Å². The van der Waals surface area contributed by atoms with Crippen molar-refractivity contribution >= 4 is 29.0 Å². The van der Waals surface area contributed by atoms with Crippen molar-refractivity contribution in [3.63, 3.8) is 0 Å². The summed E-state index contributed by atoms with van der Waals surface area (Å²) < 4.78 is 5.48. The summed E-state index contributed by atoms with van der Waals surface area (Å²) >= 11 is 0. The molecule has 156 valence electrons. The zero-order valence-electron chi connectivity index (χ0n) is 17.5. The van der Waals surface area contributed by atoms with Gasteiger partial charge in [0.1, 0.15) is 0 Å².